The van der Waals surface area contributed by atoms with E-state index in [2.05, 4.69) is 10.4 Å². The molecule has 2 rings (SSSR count). The number of amides is 2. The van der Waals surface area contributed by atoms with Crippen molar-refractivity contribution in [3.8, 4) is 0 Å². The second-order valence-electron chi connectivity index (χ2n) is 4.91. The number of nitrogens with zero attached hydrogens (tertiary/aromatic N) is 3. The van der Waals surface area contributed by atoms with Crippen molar-refractivity contribution in [1.29, 1.82) is 0 Å². The van der Waals surface area contributed by atoms with E-state index in [1.807, 2.05) is 0 Å². The van der Waals surface area contributed by atoms with Crippen molar-refractivity contribution in [1.82, 2.24) is 14.7 Å². The van der Waals surface area contributed by atoms with Crippen molar-refractivity contribution in [3.63, 3.8) is 0 Å². The molecule has 1 aliphatic rings. The minimum atomic E-state index is -3.08. The van der Waals surface area contributed by atoms with E-state index in [1.165, 1.54) is 22.0 Å². The highest BCUT2D eigenvalue weighted by Gasteiger charge is 2.31. The largest absolute Gasteiger partial charge is 0.480 e. The molecule has 1 fully saturated rings. The molecule has 0 saturated carbocycles. The van der Waals surface area contributed by atoms with E-state index < -0.39 is 27.9 Å². The molecule has 10 heteroatoms. The van der Waals surface area contributed by atoms with Gasteiger partial charge in [0.05, 0.1) is 23.4 Å². The molecule has 2 heterocycles. The van der Waals surface area contributed by atoms with Crippen LogP contribution in [0, 0.1) is 0 Å². The van der Waals surface area contributed by atoms with E-state index in [4.69, 9.17) is 5.11 Å². The van der Waals surface area contributed by atoms with Crippen LogP contribution < -0.4 is 5.32 Å². The van der Waals surface area contributed by atoms with Gasteiger partial charge in [0.25, 0.3) is 0 Å². The van der Waals surface area contributed by atoms with Gasteiger partial charge in [-0.15, -0.1) is 0 Å². The van der Waals surface area contributed by atoms with E-state index >= 15 is 0 Å². The van der Waals surface area contributed by atoms with Crippen LogP contribution in [-0.4, -0.2) is 64.3 Å². The molecular formula is C11H16N4O5S. The Morgan fingerprint density at radius 3 is 2.86 bits per heavy atom. The lowest BCUT2D eigenvalue weighted by atomic mass is 10.3. The molecule has 21 heavy (non-hydrogen) atoms. The molecule has 1 unspecified atom stereocenters. The number of hydrogen-bond donors (Lipinski definition) is 2. The Hall–Kier alpha value is -2.10. The van der Waals surface area contributed by atoms with E-state index in [1.54, 1.807) is 6.92 Å². The minimum Gasteiger partial charge on any atom is -0.480 e. The SMILES string of the molecule is CC1CS(=O)(=O)CCN1C(=O)Nc1cnn(CC(=O)O)c1. The fourth-order valence-electron chi connectivity index (χ4n) is 2.15. The van der Waals surface area contributed by atoms with Gasteiger partial charge in [-0.3, -0.25) is 9.48 Å². The zero-order chi connectivity index (χ0) is 15.6. The van der Waals surface area contributed by atoms with Crippen molar-refractivity contribution >= 4 is 27.5 Å². The number of aromatic nitrogens is 2. The lowest BCUT2D eigenvalue weighted by molar-refractivity contribution is -0.137. The van der Waals surface area contributed by atoms with Gasteiger partial charge < -0.3 is 15.3 Å². The van der Waals surface area contributed by atoms with Gasteiger partial charge >= 0.3 is 12.0 Å². The van der Waals surface area contributed by atoms with Crippen LogP contribution in [0.4, 0.5) is 10.5 Å². The summed E-state index contributed by atoms with van der Waals surface area (Å²) in [6, 6.07) is -0.829. The lowest BCUT2D eigenvalue weighted by Crippen LogP contribution is -2.51. The monoisotopic (exact) mass is 316 g/mol. The topological polar surface area (TPSA) is 122 Å². The summed E-state index contributed by atoms with van der Waals surface area (Å²) in [6.07, 6.45) is 2.74. The van der Waals surface area contributed by atoms with Crippen molar-refractivity contribution < 1.29 is 23.1 Å². The van der Waals surface area contributed by atoms with Gasteiger partial charge in [-0.1, -0.05) is 0 Å². The molecule has 1 aliphatic heterocycles. The number of aliphatic carboxylic acids is 1. The summed E-state index contributed by atoms with van der Waals surface area (Å²) >= 11 is 0. The van der Waals surface area contributed by atoms with E-state index in [9.17, 15) is 18.0 Å². The first-order valence-corrected chi connectivity index (χ1v) is 8.11. The number of nitrogens with one attached hydrogen (secondary N) is 1. The van der Waals surface area contributed by atoms with Crippen LogP contribution in [0.1, 0.15) is 6.92 Å². The normalized spacial score (nSPS) is 21.0. The molecule has 1 saturated heterocycles. The Bertz CT molecular complexity index is 653. The first kappa shape index (κ1) is 15.3. The fraction of sp³-hybridized carbons (Fsp3) is 0.545. The van der Waals surface area contributed by atoms with Gasteiger partial charge in [-0.25, -0.2) is 13.2 Å². The standard InChI is InChI=1S/C11H16N4O5S/c1-8-7-21(19,20)3-2-15(8)11(18)13-9-4-12-14(5-9)6-10(16)17/h4-5,8H,2-3,6-7H2,1H3,(H,13,18)(H,16,17). The van der Waals surface area contributed by atoms with Crippen LogP contribution >= 0.6 is 0 Å². The first-order valence-electron chi connectivity index (χ1n) is 6.29. The first-order chi connectivity index (χ1) is 9.77. The zero-order valence-electron chi connectivity index (χ0n) is 11.4. The number of urea groups is 1. The third kappa shape index (κ3) is 3.94. The van der Waals surface area contributed by atoms with Crippen LogP contribution in [0.25, 0.3) is 0 Å². The van der Waals surface area contributed by atoms with Gasteiger partial charge in [-0.2, -0.15) is 5.10 Å². The van der Waals surface area contributed by atoms with Crippen LogP contribution in [0.2, 0.25) is 0 Å². The Kier molecular flexibility index (Phi) is 4.16. The molecule has 1 aromatic heterocycles. The number of carboxylic acids is 1. The number of carboxylic acid groups (broad SMARTS) is 1. The molecule has 1 atom stereocenters. The van der Waals surface area contributed by atoms with Crippen LogP contribution in [-0.2, 0) is 21.2 Å². The zero-order valence-corrected chi connectivity index (χ0v) is 12.2. The van der Waals surface area contributed by atoms with Crippen LogP contribution in [0.5, 0.6) is 0 Å². The summed E-state index contributed by atoms with van der Waals surface area (Å²) in [7, 11) is -3.08. The summed E-state index contributed by atoms with van der Waals surface area (Å²) in [4.78, 5) is 24.1. The minimum absolute atomic E-state index is 0.0525. The Labute approximate surface area is 121 Å². The number of sulfone groups is 1. The smallest absolute Gasteiger partial charge is 0.325 e. The van der Waals surface area contributed by atoms with Crippen LogP contribution in [0.15, 0.2) is 12.4 Å². The van der Waals surface area contributed by atoms with Crippen molar-refractivity contribution in [2.45, 2.75) is 19.5 Å². The van der Waals surface area contributed by atoms with E-state index in [0.29, 0.717) is 5.69 Å². The molecule has 9 nitrogen and oxygen atoms in total. The quantitative estimate of drug-likeness (QED) is 0.784. The molecule has 2 amide bonds. The second kappa shape index (κ2) is 5.72. The van der Waals surface area contributed by atoms with E-state index in [-0.39, 0.29) is 24.6 Å². The van der Waals surface area contributed by atoms with Crippen LogP contribution in [0.3, 0.4) is 0 Å². The number of anilines is 1. The number of hydrogen-bond acceptors (Lipinski definition) is 5. The molecule has 1 aromatic rings. The summed E-state index contributed by atoms with van der Waals surface area (Å²) in [5.74, 6) is -1.15. The van der Waals surface area contributed by atoms with Crippen molar-refractivity contribution in [3.05, 3.63) is 12.4 Å². The summed E-state index contributed by atoms with van der Waals surface area (Å²) in [5.41, 5.74) is 0.363. The van der Waals surface area contributed by atoms with Gasteiger partial charge in [-0.05, 0) is 6.92 Å². The number of rotatable bonds is 3. The summed E-state index contributed by atoms with van der Waals surface area (Å²) < 4.78 is 24.1. The second-order valence-corrected chi connectivity index (χ2v) is 7.14. The maximum Gasteiger partial charge on any atom is 0.325 e. The van der Waals surface area contributed by atoms with Gasteiger partial charge in [0.2, 0.25) is 0 Å². The highest BCUT2D eigenvalue weighted by atomic mass is 32.2. The average Bonchev–Trinajstić information content (AvgIpc) is 2.73. The molecule has 2 N–H and O–H groups in total. The van der Waals surface area contributed by atoms with Crippen molar-refractivity contribution in [2.24, 2.45) is 0 Å². The molecule has 116 valence electrons. The highest BCUT2D eigenvalue weighted by molar-refractivity contribution is 7.91. The maximum atomic E-state index is 12.1. The van der Waals surface area contributed by atoms with Crippen molar-refractivity contribution in [2.75, 3.05) is 23.4 Å². The van der Waals surface area contributed by atoms with E-state index in [0.717, 1.165) is 0 Å². The highest BCUT2D eigenvalue weighted by Crippen LogP contribution is 2.14. The predicted octanol–water partition coefficient (Wildman–Crippen LogP) is -0.381. The predicted molar refractivity (Wildman–Crippen MR) is 73.7 cm³/mol. The van der Waals surface area contributed by atoms with Gasteiger partial charge in [0.1, 0.15) is 6.54 Å². The lowest BCUT2D eigenvalue weighted by Gasteiger charge is -2.32. The number of carbonyl (C=O) groups is 2. The fourth-order valence-corrected chi connectivity index (χ4v) is 3.71. The maximum absolute atomic E-state index is 12.1. The molecule has 0 spiro atoms. The Morgan fingerprint density at radius 2 is 2.24 bits per heavy atom. The molecule has 0 bridgehead atoms. The number of carbonyl (C=O) groups excluding carboxylic acids is 1. The van der Waals surface area contributed by atoms with Gasteiger partial charge in [0, 0.05) is 18.8 Å². The summed E-state index contributed by atoms with van der Waals surface area (Å²) in [5, 5.41) is 15.0. The van der Waals surface area contributed by atoms with Gasteiger partial charge in [0.15, 0.2) is 9.84 Å². The molecule has 0 aliphatic carbocycles. The third-order valence-corrected chi connectivity index (χ3v) is 4.91. The summed E-state index contributed by atoms with van der Waals surface area (Å²) in [6.45, 7) is 1.51. The third-order valence-electron chi connectivity index (χ3n) is 3.11. The molecule has 0 radical (unpaired) electrons. The molecular weight excluding hydrogens is 300 g/mol. The Morgan fingerprint density at radius 1 is 1.52 bits per heavy atom. The average molecular weight is 316 g/mol. The molecule has 0 aromatic carbocycles. The Balaban J connectivity index is 1.98.